The van der Waals surface area contributed by atoms with E-state index >= 15 is 0 Å². The second-order valence-electron chi connectivity index (χ2n) is 14.6. The van der Waals surface area contributed by atoms with Gasteiger partial charge in [-0.05, 0) is 76.5 Å². The quantitative estimate of drug-likeness (QED) is 0.0658. The van der Waals surface area contributed by atoms with Crippen molar-refractivity contribution in [3.63, 3.8) is 0 Å². The smallest absolute Gasteiger partial charge is 0.434 e. The van der Waals surface area contributed by atoms with E-state index in [-0.39, 0.29) is 61.9 Å². The number of carbonyl (C=O) groups is 3. The maximum absolute atomic E-state index is 13.3. The van der Waals surface area contributed by atoms with Gasteiger partial charge < -0.3 is 15.0 Å². The molecule has 57 heavy (non-hydrogen) atoms. The molecule has 3 aromatic rings. The molecule has 0 spiro atoms. The molecule has 0 saturated heterocycles. The predicted octanol–water partition coefficient (Wildman–Crippen LogP) is 7.21. The fourth-order valence-corrected chi connectivity index (χ4v) is 8.41. The van der Waals surface area contributed by atoms with Crippen LogP contribution >= 0.6 is 22.7 Å². The number of ether oxygens (including phenoxy) is 1. The average Bonchev–Trinajstić information content (AvgIpc) is 3.90. The Labute approximate surface area is 335 Å². The normalized spacial score (nSPS) is 23.1. The molecular weight excluding hydrogens is 821 g/mol. The van der Waals surface area contributed by atoms with E-state index in [9.17, 15) is 44.9 Å². The number of amides is 3. The highest BCUT2D eigenvalue weighted by Gasteiger charge is 2.44. The highest BCUT2D eigenvalue weighted by atomic mass is 32.2. The SMILES string of the molecule is CC1(S(=O)NC=O)CC1.C[C@@H]1CC[C@H](Oc2cc(-c3nc(C(F)(F)F)cs3)nc(-c3nc(C(F)(F)F)cs3)n2)CC1C(=O)NC1C[C@H]1/C=C\CCCCN(C)C=O. The largest absolute Gasteiger partial charge is 0.474 e. The summed E-state index contributed by atoms with van der Waals surface area (Å²) in [6, 6.07) is 1.35. The lowest BCUT2D eigenvalue weighted by Crippen LogP contribution is -2.41. The third-order valence-electron chi connectivity index (χ3n) is 9.89. The summed E-state index contributed by atoms with van der Waals surface area (Å²) in [7, 11) is 0.601. The molecule has 3 aliphatic rings. The van der Waals surface area contributed by atoms with Gasteiger partial charge in [-0.15, -0.1) is 22.7 Å². The molecular formula is C36H43F6N7O5S3. The van der Waals surface area contributed by atoms with Crippen LogP contribution in [0.15, 0.2) is 29.0 Å². The van der Waals surface area contributed by atoms with Crippen LogP contribution in [0.1, 0.15) is 83.0 Å². The lowest BCUT2D eigenvalue weighted by Gasteiger charge is -2.33. The van der Waals surface area contributed by atoms with Gasteiger partial charge in [-0.1, -0.05) is 19.1 Å². The summed E-state index contributed by atoms with van der Waals surface area (Å²) in [6.07, 6.45) is 2.79. The van der Waals surface area contributed by atoms with Gasteiger partial charge in [0.25, 0.3) is 0 Å². The van der Waals surface area contributed by atoms with Gasteiger partial charge in [-0.3, -0.25) is 19.1 Å². The minimum Gasteiger partial charge on any atom is -0.474 e. The third-order valence-corrected chi connectivity index (χ3v) is 13.2. The van der Waals surface area contributed by atoms with Gasteiger partial charge in [-0.25, -0.2) is 19.2 Å². The Bertz CT molecular complexity index is 1850. The minimum atomic E-state index is -4.70. The maximum Gasteiger partial charge on any atom is 0.434 e. The Balaban J connectivity index is 0.000000606. The van der Waals surface area contributed by atoms with Gasteiger partial charge >= 0.3 is 12.4 Å². The van der Waals surface area contributed by atoms with E-state index in [1.165, 1.54) is 6.07 Å². The third kappa shape index (κ3) is 12.5. The van der Waals surface area contributed by atoms with Crippen molar-refractivity contribution >= 4 is 52.4 Å². The molecule has 0 bridgehead atoms. The Morgan fingerprint density at radius 3 is 2.28 bits per heavy atom. The van der Waals surface area contributed by atoms with Crippen LogP contribution in [0.25, 0.3) is 21.5 Å². The summed E-state index contributed by atoms with van der Waals surface area (Å²) < 4.78 is 98.7. The molecule has 312 valence electrons. The number of unbranched alkanes of at least 4 members (excludes halogenated alkanes) is 2. The highest BCUT2D eigenvalue weighted by molar-refractivity contribution is 7.85. The summed E-state index contributed by atoms with van der Waals surface area (Å²) in [5, 5.41) is 4.47. The Hall–Kier alpha value is -3.98. The summed E-state index contributed by atoms with van der Waals surface area (Å²) in [5.41, 5.74) is -2.32. The molecule has 3 aromatic heterocycles. The van der Waals surface area contributed by atoms with Gasteiger partial charge in [0.15, 0.2) is 22.2 Å². The molecule has 3 amide bonds. The summed E-state index contributed by atoms with van der Waals surface area (Å²) in [4.78, 5) is 51.0. The number of nitrogens with zero attached hydrogens (tertiary/aromatic N) is 5. The molecule has 6 rings (SSSR count). The number of thiazole rings is 2. The lowest BCUT2D eigenvalue weighted by atomic mass is 9.78. The van der Waals surface area contributed by atoms with E-state index < -0.39 is 40.8 Å². The highest BCUT2D eigenvalue weighted by Crippen LogP contribution is 2.40. The molecule has 0 aliphatic heterocycles. The zero-order chi connectivity index (χ0) is 41.5. The van der Waals surface area contributed by atoms with Crippen LogP contribution < -0.4 is 14.8 Å². The van der Waals surface area contributed by atoms with Crippen LogP contribution in [-0.4, -0.2) is 78.3 Å². The molecule has 0 radical (unpaired) electrons. The fourth-order valence-electron chi connectivity index (χ4n) is 6.02. The van der Waals surface area contributed by atoms with Crippen LogP contribution in [0, 0.1) is 17.8 Å². The molecule has 3 saturated carbocycles. The van der Waals surface area contributed by atoms with Gasteiger partial charge in [0, 0.05) is 42.4 Å². The number of hydrogen-bond acceptors (Lipinski definition) is 11. The van der Waals surface area contributed by atoms with Crippen molar-refractivity contribution in [2.45, 2.75) is 101 Å². The number of alkyl halides is 6. The first-order chi connectivity index (χ1) is 26.9. The Morgan fingerprint density at radius 1 is 1.00 bits per heavy atom. The molecule has 3 heterocycles. The molecule has 3 aliphatic carbocycles. The van der Waals surface area contributed by atoms with Crippen molar-refractivity contribution in [3.05, 3.63) is 40.4 Å². The van der Waals surface area contributed by atoms with Crippen LogP contribution in [0.4, 0.5) is 26.3 Å². The van der Waals surface area contributed by atoms with Crippen molar-refractivity contribution in [2.24, 2.45) is 17.8 Å². The fraction of sp³-hybridized carbons (Fsp3) is 0.583. The average molecular weight is 864 g/mol. The summed E-state index contributed by atoms with van der Waals surface area (Å²) >= 11 is 1.32. The van der Waals surface area contributed by atoms with E-state index in [0.29, 0.717) is 54.9 Å². The number of carbonyl (C=O) groups excluding carboxylic acids is 3. The van der Waals surface area contributed by atoms with Gasteiger partial charge in [0.2, 0.25) is 24.6 Å². The number of aromatic nitrogens is 4. The van der Waals surface area contributed by atoms with E-state index in [1.807, 2.05) is 13.8 Å². The summed E-state index contributed by atoms with van der Waals surface area (Å²) in [6.45, 7) is 4.61. The topological polar surface area (TPSA) is 156 Å². The molecule has 21 heteroatoms. The minimum absolute atomic E-state index is 0.0511. The summed E-state index contributed by atoms with van der Waals surface area (Å²) in [5.74, 6) is -0.403. The molecule has 12 nitrogen and oxygen atoms in total. The number of nitrogens with one attached hydrogen (secondary N) is 2. The van der Waals surface area contributed by atoms with Gasteiger partial charge in [-0.2, -0.15) is 31.3 Å². The number of hydrogen-bond donors (Lipinski definition) is 2. The molecule has 3 fully saturated rings. The standard InChI is InChI=1S/C31H34F6N6O3S2.C5H9NO2S/c1-17-8-9-19(12-20(17)27(45)39-21-11-18(21)7-5-3-4-6-10-43(2)16-44)46-25-13-22(28-40-23(14-47-28)30(32,33)34)38-26(42-25)29-41-24(15-48-29)31(35,36)37;1-5(2-3-5)9(8)6-4-7/h5,7,13-21H,3-4,6,8-12H2,1-2H3,(H,39,45);4H,2-3H2,1H3,(H,6,7)/b7-5-;/t17-,18-,19+,20?,21?;/m1./s1. The van der Waals surface area contributed by atoms with E-state index in [0.717, 1.165) is 55.7 Å². The van der Waals surface area contributed by atoms with Crippen LogP contribution in [0.2, 0.25) is 0 Å². The molecule has 3 unspecified atom stereocenters. The number of halogens is 6. The van der Waals surface area contributed by atoms with Crippen LogP contribution in [-0.2, 0) is 37.7 Å². The first kappa shape index (κ1) is 44.1. The zero-order valence-electron chi connectivity index (χ0n) is 31.3. The first-order valence-corrected chi connectivity index (χ1v) is 21.2. The molecule has 6 atom stereocenters. The van der Waals surface area contributed by atoms with Gasteiger partial charge in [0.1, 0.15) is 27.8 Å². The van der Waals surface area contributed by atoms with Crippen molar-refractivity contribution < 1.29 is 49.7 Å². The van der Waals surface area contributed by atoms with Gasteiger partial charge in [0.05, 0.1) is 4.75 Å². The maximum atomic E-state index is 13.3. The van der Waals surface area contributed by atoms with E-state index in [4.69, 9.17) is 4.74 Å². The van der Waals surface area contributed by atoms with Crippen molar-refractivity contribution in [3.8, 4) is 27.4 Å². The van der Waals surface area contributed by atoms with Crippen molar-refractivity contribution in [1.29, 1.82) is 0 Å². The Morgan fingerprint density at radius 2 is 1.67 bits per heavy atom. The lowest BCUT2D eigenvalue weighted by molar-refractivity contribution is -0.141. The van der Waals surface area contributed by atoms with Crippen molar-refractivity contribution in [2.75, 3.05) is 13.6 Å². The van der Waals surface area contributed by atoms with E-state index in [2.05, 4.69) is 42.1 Å². The number of rotatable bonds is 16. The predicted molar refractivity (Wildman–Crippen MR) is 202 cm³/mol. The molecule has 0 aromatic carbocycles. The second kappa shape index (κ2) is 18.7. The monoisotopic (exact) mass is 863 g/mol. The zero-order valence-corrected chi connectivity index (χ0v) is 33.7. The Kier molecular flexibility index (Phi) is 14.5. The first-order valence-electron chi connectivity index (χ1n) is 18.3. The van der Waals surface area contributed by atoms with Crippen LogP contribution in [0.3, 0.4) is 0 Å². The number of allylic oxidation sites excluding steroid dienone is 1. The molecule has 2 N–H and O–H groups in total. The van der Waals surface area contributed by atoms with Crippen molar-refractivity contribution in [1.82, 2.24) is 34.9 Å². The van der Waals surface area contributed by atoms with Crippen LogP contribution in [0.5, 0.6) is 5.88 Å². The van der Waals surface area contributed by atoms with E-state index in [1.54, 1.807) is 11.9 Å². The second-order valence-corrected chi connectivity index (χ2v) is 18.1.